The summed E-state index contributed by atoms with van der Waals surface area (Å²) >= 11 is 0. The van der Waals surface area contributed by atoms with Crippen LogP contribution in [0.1, 0.15) is 39.2 Å². The van der Waals surface area contributed by atoms with Gasteiger partial charge in [-0.3, -0.25) is 9.59 Å². The van der Waals surface area contributed by atoms with Crippen LogP contribution in [-0.4, -0.2) is 23.6 Å². The first kappa shape index (κ1) is 17.2. The molecule has 0 aliphatic heterocycles. The molecule has 0 saturated carbocycles. The molecule has 0 aromatic heterocycles. The van der Waals surface area contributed by atoms with Crippen molar-refractivity contribution in [3.8, 4) is 0 Å². The summed E-state index contributed by atoms with van der Waals surface area (Å²) in [7, 11) is 0. The van der Waals surface area contributed by atoms with Crippen LogP contribution in [0.4, 0.5) is 0 Å². The summed E-state index contributed by atoms with van der Waals surface area (Å²) in [6.45, 7) is 5.55. The summed E-state index contributed by atoms with van der Waals surface area (Å²) in [5.41, 5.74) is 6.07. The first-order chi connectivity index (χ1) is 9.78. The minimum Gasteiger partial charge on any atom is -0.460 e. The molecule has 0 aliphatic rings. The van der Waals surface area contributed by atoms with E-state index >= 15 is 0 Å². The van der Waals surface area contributed by atoms with E-state index in [0.29, 0.717) is 0 Å². The quantitative estimate of drug-likeness (QED) is 0.813. The number of carbonyl (C=O) groups is 2. The van der Waals surface area contributed by atoms with Crippen molar-refractivity contribution in [3.63, 3.8) is 0 Å². The zero-order chi connectivity index (χ0) is 15.9. The van der Waals surface area contributed by atoms with E-state index in [1.165, 1.54) is 0 Å². The summed E-state index contributed by atoms with van der Waals surface area (Å²) in [4.78, 5) is 23.2. The minimum absolute atomic E-state index is 0.0961. The fourth-order valence-corrected chi connectivity index (χ4v) is 1.62. The SMILES string of the molecule is CC(C)(C)OC(=O)CC[C@@H](N)C(=O)OCc1ccccc1. The number of ether oxygens (including phenoxy) is 2. The molecule has 0 bridgehead atoms. The number of hydrogen-bond donors (Lipinski definition) is 1. The molecule has 0 amide bonds. The third kappa shape index (κ3) is 7.46. The van der Waals surface area contributed by atoms with Crippen molar-refractivity contribution in [2.24, 2.45) is 5.73 Å². The van der Waals surface area contributed by atoms with Gasteiger partial charge in [-0.25, -0.2) is 0 Å². The molecular weight excluding hydrogens is 270 g/mol. The van der Waals surface area contributed by atoms with Gasteiger partial charge in [-0.1, -0.05) is 30.3 Å². The van der Waals surface area contributed by atoms with Crippen LogP contribution in [0, 0.1) is 0 Å². The van der Waals surface area contributed by atoms with Gasteiger partial charge in [0.1, 0.15) is 18.2 Å². The van der Waals surface area contributed by atoms with Gasteiger partial charge < -0.3 is 15.2 Å². The Morgan fingerprint density at radius 3 is 2.38 bits per heavy atom. The van der Waals surface area contributed by atoms with Gasteiger partial charge in [-0.2, -0.15) is 0 Å². The fourth-order valence-electron chi connectivity index (χ4n) is 1.62. The lowest BCUT2D eigenvalue weighted by Crippen LogP contribution is -2.33. The molecular formula is C16H23NO4. The first-order valence-corrected chi connectivity index (χ1v) is 6.96. The van der Waals surface area contributed by atoms with Crippen LogP contribution in [0.25, 0.3) is 0 Å². The van der Waals surface area contributed by atoms with E-state index in [1.807, 2.05) is 30.3 Å². The Kier molecular flexibility index (Phi) is 6.37. The summed E-state index contributed by atoms with van der Waals surface area (Å²) in [6.07, 6.45) is 0.307. The van der Waals surface area contributed by atoms with E-state index in [0.717, 1.165) is 5.56 Å². The van der Waals surface area contributed by atoms with Crippen molar-refractivity contribution in [1.29, 1.82) is 0 Å². The highest BCUT2D eigenvalue weighted by molar-refractivity contribution is 5.77. The summed E-state index contributed by atoms with van der Waals surface area (Å²) in [5.74, 6) is -0.878. The van der Waals surface area contributed by atoms with Crippen LogP contribution in [0.5, 0.6) is 0 Å². The molecule has 0 heterocycles. The number of benzene rings is 1. The lowest BCUT2D eigenvalue weighted by Gasteiger charge is -2.20. The molecule has 1 aromatic rings. The molecule has 21 heavy (non-hydrogen) atoms. The zero-order valence-corrected chi connectivity index (χ0v) is 12.8. The topological polar surface area (TPSA) is 78.6 Å². The molecule has 0 fully saturated rings. The lowest BCUT2D eigenvalue weighted by molar-refractivity contribution is -0.155. The van der Waals surface area contributed by atoms with E-state index in [4.69, 9.17) is 15.2 Å². The standard InChI is InChI=1S/C16H23NO4/c1-16(2,3)21-14(18)10-9-13(17)15(19)20-11-12-7-5-4-6-8-12/h4-8,13H,9-11,17H2,1-3H3/t13-/m1/s1. The summed E-state index contributed by atoms with van der Waals surface area (Å²) in [5, 5.41) is 0. The van der Waals surface area contributed by atoms with Crippen molar-refractivity contribution in [2.45, 2.75) is 51.9 Å². The Morgan fingerprint density at radius 1 is 1.19 bits per heavy atom. The smallest absolute Gasteiger partial charge is 0.323 e. The van der Waals surface area contributed by atoms with Crippen molar-refractivity contribution < 1.29 is 19.1 Å². The Bertz CT molecular complexity index is 465. The third-order valence-electron chi connectivity index (χ3n) is 2.61. The summed E-state index contributed by atoms with van der Waals surface area (Å²) < 4.78 is 10.3. The second-order valence-corrected chi connectivity index (χ2v) is 5.82. The molecule has 1 atom stereocenters. The third-order valence-corrected chi connectivity index (χ3v) is 2.61. The van der Waals surface area contributed by atoms with Gasteiger partial charge in [-0.05, 0) is 32.8 Å². The van der Waals surface area contributed by atoms with E-state index in [9.17, 15) is 9.59 Å². The molecule has 5 heteroatoms. The van der Waals surface area contributed by atoms with Crippen LogP contribution in [0.15, 0.2) is 30.3 Å². The first-order valence-electron chi connectivity index (χ1n) is 6.96. The largest absolute Gasteiger partial charge is 0.460 e. The predicted octanol–water partition coefficient (Wildman–Crippen LogP) is 2.18. The molecule has 5 nitrogen and oxygen atoms in total. The highest BCUT2D eigenvalue weighted by Crippen LogP contribution is 2.10. The highest BCUT2D eigenvalue weighted by atomic mass is 16.6. The van der Waals surface area contributed by atoms with Crippen LogP contribution in [0.3, 0.4) is 0 Å². The van der Waals surface area contributed by atoms with Gasteiger partial charge in [0, 0.05) is 6.42 Å². The van der Waals surface area contributed by atoms with Crippen LogP contribution in [-0.2, 0) is 25.7 Å². The molecule has 116 valence electrons. The fraction of sp³-hybridized carbons (Fsp3) is 0.500. The van der Waals surface area contributed by atoms with E-state index in [-0.39, 0.29) is 25.4 Å². The van der Waals surface area contributed by atoms with Crippen LogP contribution >= 0.6 is 0 Å². The predicted molar refractivity (Wildman–Crippen MR) is 79.3 cm³/mol. The Morgan fingerprint density at radius 2 is 1.81 bits per heavy atom. The van der Waals surface area contributed by atoms with Gasteiger partial charge in [0.2, 0.25) is 0 Å². The second-order valence-electron chi connectivity index (χ2n) is 5.82. The Hall–Kier alpha value is -1.88. The van der Waals surface area contributed by atoms with Gasteiger partial charge in [0.15, 0.2) is 0 Å². The number of hydrogen-bond acceptors (Lipinski definition) is 5. The molecule has 0 spiro atoms. The second kappa shape index (κ2) is 7.78. The Balaban J connectivity index is 2.30. The zero-order valence-electron chi connectivity index (χ0n) is 12.8. The van der Waals surface area contributed by atoms with E-state index in [2.05, 4.69) is 0 Å². The van der Waals surface area contributed by atoms with Crippen LogP contribution in [0.2, 0.25) is 0 Å². The van der Waals surface area contributed by atoms with Crippen molar-refractivity contribution in [3.05, 3.63) is 35.9 Å². The van der Waals surface area contributed by atoms with E-state index < -0.39 is 17.6 Å². The maximum Gasteiger partial charge on any atom is 0.323 e. The number of esters is 2. The average molecular weight is 293 g/mol. The minimum atomic E-state index is -0.818. The Labute approximate surface area is 125 Å². The molecule has 0 unspecified atom stereocenters. The van der Waals surface area contributed by atoms with E-state index in [1.54, 1.807) is 20.8 Å². The maximum absolute atomic E-state index is 11.7. The molecule has 2 N–H and O–H groups in total. The monoisotopic (exact) mass is 293 g/mol. The lowest BCUT2D eigenvalue weighted by atomic mass is 10.1. The number of nitrogens with two attached hydrogens (primary N) is 1. The van der Waals surface area contributed by atoms with Gasteiger partial charge in [-0.15, -0.1) is 0 Å². The molecule has 0 radical (unpaired) electrons. The van der Waals surface area contributed by atoms with Gasteiger partial charge in [0.05, 0.1) is 0 Å². The average Bonchev–Trinajstić information content (AvgIpc) is 2.41. The van der Waals surface area contributed by atoms with Crippen molar-refractivity contribution in [1.82, 2.24) is 0 Å². The normalized spacial score (nSPS) is 12.6. The maximum atomic E-state index is 11.7. The highest BCUT2D eigenvalue weighted by Gasteiger charge is 2.20. The van der Waals surface area contributed by atoms with Gasteiger partial charge in [0.25, 0.3) is 0 Å². The van der Waals surface area contributed by atoms with Crippen molar-refractivity contribution >= 4 is 11.9 Å². The molecule has 1 rings (SSSR count). The molecule has 0 aliphatic carbocycles. The van der Waals surface area contributed by atoms with Crippen molar-refractivity contribution in [2.75, 3.05) is 0 Å². The number of carbonyl (C=O) groups excluding carboxylic acids is 2. The molecule has 0 saturated heterocycles. The number of rotatable bonds is 6. The summed E-state index contributed by atoms with van der Waals surface area (Å²) in [6, 6.07) is 8.52. The van der Waals surface area contributed by atoms with Gasteiger partial charge >= 0.3 is 11.9 Å². The van der Waals surface area contributed by atoms with Crippen LogP contribution < -0.4 is 5.73 Å². The molecule has 1 aromatic carbocycles.